The summed E-state index contributed by atoms with van der Waals surface area (Å²) in [5.41, 5.74) is 1.18. The SMILES string of the molecule is COc1ccc(-c2noc(-c3cccn(CC(=O)Nc4cccc(C#N)c4)c3=O)n2)cc1OC. The Hall–Kier alpha value is -4.91. The Kier molecular flexibility index (Phi) is 6.36. The van der Waals surface area contributed by atoms with Crippen LogP contribution in [0.4, 0.5) is 5.69 Å². The van der Waals surface area contributed by atoms with Crippen molar-refractivity contribution in [3.05, 3.63) is 76.7 Å². The summed E-state index contributed by atoms with van der Waals surface area (Å²) in [6.45, 7) is -0.236. The standard InChI is InChI=1S/C24H19N5O5/c1-32-19-9-8-16(12-20(19)33-2)22-27-23(34-28-22)18-7-4-10-29(24(18)31)14-21(30)26-17-6-3-5-15(11-17)13-25/h3-12H,14H2,1-2H3,(H,26,30). The van der Waals surface area contributed by atoms with E-state index in [-0.39, 0.29) is 23.8 Å². The van der Waals surface area contributed by atoms with E-state index in [1.165, 1.54) is 25.0 Å². The van der Waals surface area contributed by atoms with E-state index < -0.39 is 11.5 Å². The first-order valence-corrected chi connectivity index (χ1v) is 10.1. The Labute approximate surface area is 194 Å². The van der Waals surface area contributed by atoms with Crippen LogP contribution in [0.3, 0.4) is 0 Å². The number of pyridine rings is 1. The molecule has 0 saturated carbocycles. The first kappa shape index (κ1) is 22.3. The average Bonchev–Trinajstić information content (AvgIpc) is 3.35. The number of hydrogen-bond donors (Lipinski definition) is 1. The van der Waals surface area contributed by atoms with Gasteiger partial charge in [-0.2, -0.15) is 10.2 Å². The van der Waals surface area contributed by atoms with Crippen molar-refractivity contribution in [1.29, 1.82) is 5.26 Å². The Morgan fingerprint density at radius 1 is 1.12 bits per heavy atom. The van der Waals surface area contributed by atoms with Crippen LogP contribution in [0, 0.1) is 11.3 Å². The molecule has 0 bridgehead atoms. The maximum absolute atomic E-state index is 13.0. The summed E-state index contributed by atoms with van der Waals surface area (Å²) in [6, 6.07) is 16.8. The number of nitrogens with zero attached hydrogens (tertiary/aromatic N) is 4. The van der Waals surface area contributed by atoms with Gasteiger partial charge in [-0.1, -0.05) is 11.2 Å². The van der Waals surface area contributed by atoms with Crippen LogP contribution in [-0.2, 0) is 11.3 Å². The molecule has 0 aliphatic rings. The first-order chi connectivity index (χ1) is 16.5. The van der Waals surface area contributed by atoms with Gasteiger partial charge >= 0.3 is 0 Å². The highest BCUT2D eigenvalue weighted by Crippen LogP contribution is 2.31. The van der Waals surface area contributed by atoms with Gasteiger partial charge in [-0.25, -0.2) is 0 Å². The maximum Gasteiger partial charge on any atom is 0.263 e. The minimum absolute atomic E-state index is 0.0197. The Morgan fingerprint density at radius 2 is 1.94 bits per heavy atom. The molecule has 0 unspecified atom stereocenters. The van der Waals surface area contributed by atoms with Gasteiger partial charge in [0.1, 0.15) is 12.1 Å². The van der Waals surface area contributed by atoms with Gasteiger partial charge in [0.25, 0.3) is 11.4 Å². The second-order valence-electron chi connectivity index (χ2n) is 7.09. The van der Waals surface area contributed by atoms with Crippen molar-refractivity contribution >= 4 is 11.6 Å². The van der Waals surface area contributed by atoms with Crippen molar-refractivity contribution in [2.45, 2.75) is 6.54 Å². The number of hydrogen-bond acceptors (Lipinski definition) is 8. The predicted octanol–water partition coefficient (Wildman–Crippen LogP) is 3.09. The van der Waals surface area contributed by atoms with Crippen LogP contribution in [0.25, 0.3) is 22.8 Å². The highest BCUT2D eigenvalue weighted by atomic mass is 16.5. The number of benzene rings is 2. The molecule has 2 aromatic carbocycles. The lowest BCUT2D eigenvalue weighted by Crippen LogP contribution is -2.28. The van der Waals surface area contributed by atoms with Crippen molar-refractivity contribution in [3.8, 4) is 40.4 Å². The van der Waals surface area contributed by atoms with Gasteiger partial charge in [-0.3, -0.25) is 9.59 Å². The van der Waals surface area contributed by atoms with E-state index in [2.05, 4.69) is 15.5 Å². The van der Waals surface area contributed by atoms with Crippen molar-refractivity contribution < 1.29 is 18.8 Å². The normalized spacial score (nSPS) is 10.4. The summed E-state index contributed by atoms with van der Waals surface area (Å²) in [5.74, 6) is 0.913. The monoisotopic (exact) mass is 457 g/mol. The van der Waals surface area contributed by atoms with Gasteiger partial charge in [-0.05, 0) is 48.5 Å². The molecule has 4 rings (SSSR count). The molecule has 1 amide bonds. The van der Waals surface area contributed by atoms with Crippen molar-refractivity contribution in [3.63, 3.8) is 0 Å². The highest BCUT2D eigenvalue weighted by molar-refractivity contribution is 5.90. The molecule has 2 aromatic heterocycles. The van der Waals surface area contributed by atoms with Crippen LogP contribution in [0.2, 0.25) is 0 Å². The summed E-state index contributed by atoms with van der Waals surface area (Å²) in [4.78, 5) is 29.8. The number of anilines is 1. The Morgan fingerprint density at radius 3 is 2.71 bits per heavy atom. The molecule has 0 atom stereocenters. The van der Waals surface area contributed by atoms with Crippen molar-refractivity contribution in [2.75, 3.05) is 19.5 Å². The summed E-state index contributed by atoms with van der Waals surface area (Å²) in [6.07, 6.45) is 1.49. The zero-order valence-corrected chi connectivity index (χ0v) is 18.3. The summed E-state index contributed by atoms with van der Waals surface area (Å²) >= 11 is 0. The molecule has 1 N–H and O–H groups in total. The molecule has 0 aliphatic carbocycles. The third-order valence-electron chi connectivity index (χ3n) is 4.91. The van der Waals surface area contributed by atoms with Crippen LogP contribution in [0.5, 0.6) is 11.5 Å². The van der Waals surface area contributed by atoms with Crippen molar-refractivity contribution in [1.82, 2.24) is 14.7 Å². The summed E-state index contributed by atoms with van der Waals surface area (Å²) < 4.78 is 17.1. The van der Waals surface area contributed by atoms with Crippen LogP contribution in [-0.4, -0.2) is 34.8 Å². The molecule has 10 nitrogen and oxygen atoms in total. The van der Waals surface area contributed by atoms with Crippen LogP contribution < -0.4 is 20.3 Å². The largest absolute Gasteiger partial charge is 0.493 e. The molecule has 0 fully saturated rings. The molecule has 4 aromatic rings. The predicted molar refractivity (Wildman–Crippen MR) is 122 cm³/mol. The number of amides is 1. The van der Waals surface area contributed by atoms with Gasteiger partial charge in [0.15, 0.2) is 11.5 Å². The summed E-state index contributed by atoms with van der Waals surface area (Å²) in [7, 11) is 3.06. The van der Waals surface area contributed by atoms with E-state index >= 15 is 0 Å². The number of methoxy groups -OCH3 is 2. The lowest BCUT2D eigenvalue weighted by molar-refractivity contribution is -0.116. The molecule has 34 heavy (non-hydrogen) atoms. The van der Waals surface area contributed by atoms with Crippen LogP contribution >= 0.6 is 0 Å². The zero-order chi connectivity index (χ0) is 24.1. The fourth-order valence-corrected chi connectivity index (χ4v) is 3.27. The second kappa shape index (κ2) is 9.70. The third kappa shape index (κ3) is 4.63. The van der Waals surface area contributed by atoms with E-state index in [1.807, 2.05) is 6.07 Å². The topological polar surface area (TPSA) is 132 Å². The minimum atomic E-state index is -0.467. The van der Waals surface area contributed by atoms with Crippen LogP contribution in [0.1, 0.15) is 5.56 Å². The fourth-order valence-electron chi connectivity index (χ4n) is 3.27. The van der Waals surface area contributed by atoms with Gasteiger partial charge in [-0.15, -0.1) is 0 Å². The van der Waals surface area contributed by atoms with E-state index in [0.29, 0.717) is 28.3 Å². The Bertz CT molecular complexity index is 1450. The molecular formula is C24H19N5O5. The third-order valence-corrected chi connectivity index (χ3v) is 4.91. The number of aromatic nitrogens is 3. The van der Waals surface area contributed by atoms with Gasteiger partial charge < -0.3 is 23.9 Å². The highest BCUT2D eigenvalue weighted by Gasteiger charge is 2.17. The Balaban J connectivity index is 1.56. The van der Waals surface area contributed by atoms with Crippen LogP contribution in [0.15, 0.2) is 70.1 Å². The first-order valence-electron chi connectivity index (χ1n) is 10.1. The van der Waals surface area contributed by atoms with Gasteiger partial charge in [0.05, 0.1) is 25.9 Å². The molecule has 0 saturated heterocycles. The number of carbonyl (C=O) groups excluding carboxylic acids is 1. The van der Waals surface area contributed by atoms with E-state index in [1.54, 1.807) is 54.6 Å². The number of ether oxygens (including phenoxy) is 2. The molecule has 10 heteroatoms. The van der Waals surface area contributed by atoms with Gasteiger partial charge in [0.2, 0.25) is 11.7 Å². The number of nitrogens with one attached hydrogen (secondary N) is 1. The van der Waals surface area contributed by atoms with Gasteiger partial charge in [0, 0.05) is 17.4 Å². The van der Waals surface area contributed by atoms with E-state index in [4.69, 9.17) is 19.3 Å². The summed E-state index contributed by atoms with van der Waals surface area (Å²) in [5, 5.41) is 15.6. The smallest absolute Gasteiger partial charge is 0.263 e. The van der Waals surface area contributed by atoms with E-state index in [9.17, 15) is 9.59 Å². The molecule has 0 spiro atoms. The maximum atomic E-state index is 13.0. The quantitative estimate of drug-likeness (QED) is 0.448. The molecular weight excluding hydrogens is 438 g/mol. The fraction of sp³-hybridized carbons (Fsp3) is 0.125. The molecule has 0 radical (unpaired) electrons. The number of carbonyl (C=O) groups is 1. The molecule has 0 aliphatic heterocycles. The number of nitriles is 1. The second-order valence-corrected chi connectivity index (χ2v) is 7.09. The van der Waals surface area contributed by atoms with E-state index in [0.717, 1.165) is 0 Å². The molecule has 170 valence electrons. The zero-order valence-electron chi connectivity index (χ0n) is 18.3. The average molecular weight is 457 g/mol. The molecule has 2 heterocycles. The minimum Gasteiger partial charge on any atom is -0.493 e. The number of rotatable bonds is 7. The lowest BCUT2D eigenvalue weighted by atomic mass is 10.2. The lowest BCUT2D eigenvalue weighted by Gasteiger charge is -2.08. The van der Waals surface area contributed by atoms with Crippen molar-refractivity contribution in [2.24, 2.45) is 0 Å².